The van der Waals surface area contributed by atoms with E-state index in [-0.39, 0.29) is 11.5 Å². The Balaban J connectivity index is 2.19. The van der Waals surface area contributed by atoms with Crippen LogP contribution in [-0.2, 0) is 0 Å². The van der Waals surface area contributed by atoms with Crippen molar-refractivity contribution in [3.8, 4) is 0 Å². The van der Waals surface area contributed by atoms with Crippen LogP contribution in [0.1, 0.15) is 20.7 Å². The number of rotatable bonds is 3. The van der Waals surface area contributed by atoms with Gasteiger partial charge in [-0.25, -0.2) is 4.79 Å². The molecular weight excluding hydrogens is 240 g/mol. The summed E-state index contributed by atoms with van der Waals surface area (Å²) in [5, 5.41) is 13.4. The number of nitrogens with zero attached hydrogens (tertiary/aromatic N) is 1. The van der Waals surface area contributed by atoms with Crippen LogP contribution in [0, 0.1) is 0 Å². The van der Waals surface area contributed by atoms with Crippen LogP contribution >= 0.6 is 11.3 Å². The predicted molar refractivity (Wildman–Crippen MR) is 63.5 cm³/mol. The van der Waals surface area contributed by atoms with E-state index in [1.54, 1.807) is 17.5 Å². The highest BCUT2D eigenvalue weighted by atomic mass is 32.1. The number of nitrogens with one attached hydrogen (secondary N) is 1. The van der Waals surface area contributed by atoms with Crippen LogP contribution in [0.4, 0.5) is 5.00 Å². The van der Waals surface area contributed by atoms with Gasteiger partial charge in [0.15, 0.2) is 0 Å². The van der Waals surface area contributed by atoms with Gasteiger partial charge in [0.25, 0.3) is 5.91 Å². The van der Waals surface area contributed by atoms with E-state index < -0.39 is 5.97 Å². The molecule has 0 radical (unpaired) electrons. The Hall–Kier alpha value is -2.21. The zero-order valence-corrected chi connectivity index (χ0v) is 9.40. The average Bonchev–Trinajstić information content (AvgIpc) is 2.78. The third kappa shape index (κ3) is 2.48. The third-order valence-corrected chi connectivity index (χ3v) is 2.90. The van der Waals surface area contributed by atoms with E-state index in [0.29, 0.717) is 10.6 Å². The number of hydrogen-bond donors (Lipinski definition) is 2. The van der Waals surface area contributed by atoms with Crippen molar-refractivity contribution in [2.24, 2.45) is 0 Å². The molecule has 2 N–H and O–H groups in total. The molecule has 0 fully saturated rings. The van der Waals surface area contributed by atoms with Gasteiger partial charge in [0.2, 0.25) is 0 Å². The van der Waals surface area contributed by atoms with Crippen LogP contribution in [0.25, 0.3) is 0 Å². The van der Waals surface area contributed by atoms with E-state index >= 15 is 0 Å². The fraction of sp³-hybridized carbons (Fsp3) is 0. The highest BCUT2D eigenvalue weighted by Gasteiger charge is 2.14. The van der Waals surface area contributed by atoms with Crippen molar-refractivity contribution in [3.63, 3.8) is 0 Å². The SMILES string of the molecule is O=C(Nc1sccc1C(=O)O)c1ccncc1. The molecule has 5 nitrogen and oxygen atoms in total. The first kappa shape index (κ1) is 11.3. The fourth-order valence-electron chi connectivity index (χ4n) is 1.25. The molecular formula is C11H8N2O3S. The number of aromatic nitrogens is 1. The monoisotopic (exact) mass is 248 g/mol. The zero-order valence-electron chi connectivity index (χ0n) is 8.58. The van der Waals surface area contributed by atoms with E-state index in [2.05, 4.69) is 10.3 Å². The lowest BCUT2D eigenvalue weighted by Crippen LogP contribution is -2.13. The summed E-state index contributed by atoms with van der Waals surface area (Å²) in [6, 6.07) is 4.57. The molecule has 0 bridgehead atoms. The number of carboxylic acids is 1. The largest absolute Gasteiger partial charge is 0.478 e. The molecule has 86 valence electrons. The summed E-state index contributed by atoms with van der Waals surface area (Å²) < 4.78 is 0. The van der Waals surface area contributed by atoms with Crippen molar-refractivity contribution in [2.75, 3.05) is 5.32 Å². The second-order valence-corrected chi connectivity index (χ2v) is 4.07. The predicted octanol–water partition coefficient (Wildman–Crippen LogP) is 2.09. The first-order chi connectivity index (χ1) is 8.18. The molecule has 0 spiro atoms. The second-order valence-electron chi connectivity index (χ2n) is 3.16. The number of pyridine rings is 1. The highest BCUT2D eigenvalue weighted by Crippen LogP contribution is 2.23. The Morgan fingerprint density at radius 2 is 1.94 bits per heavy atom. The maximum atomic E-state index is 11.8. The number of hydrogen-bond acceptors (Lipinski definition) is 4. The molecule has 0 unspecified atom stereocenters. The minimum atomic E-state index is -1.06. The van der Waals surface area contributed by atoms with E-state index in [1.807, 2.05) is 0 Å². The Labute approximate surface area is 101 Å². The standard InChI is InChI=1S/C11H8N2O3S/c14-9(7-1-4-12-5-2-7)13-10-8(11(15)16)3-6-17-10/h1-6H,(H,13,14)(H,15,16). The van der Waals surface area contributed by atoms with Crippen LogP contribution in [0.2, 0.25) is 0 Å². The second kappa shape index (κ2) is 4.75. The van der Waals surface area contributed by atoms with E-state index in [4.69, 9.17) is 5.11 Å². The third-order valence-electron chi connectivity index (χ3n) is 2.07. The summed E-state index contributed by atoms with van der Waals surface area (Å²) in [6.07, 6.45) is 3.00. The molecule has 0 atom stereocenters. The van der Waals surface area contributed by atoms with Crippen molar-refractivity contribution >= 4 is 28.2 Å². The molecule has 1 amide bonds. The van der Waals surface area contributed by atoms with E-state index in [0.717, 1.165) is 0 Å². The van der Waals surface area contributed by atoms with Crippen LogP contribution in [0.3, 0.4) is 0 Å². The van der Waals surface area contributed by atoms with E-state index in [1.165, 1.54) is 29.8 Å². The minimum Gasteiger partial charge on any atom is -0.478 e. The van der Waals surface area contributed by atoms with Gasteiger partial charge in [0.1, 0.15) is 5.00 Å². The first-order valence-electron chi connectivity index (χ1n) is 4.70. The fourth-order valence-corrected chi connectivity index (χ4v) is 2.03. The molecule has 0 saturated heterocycles. The maximum absolute atomic E-state index is 11.8. The zero-order chi connectivity index (χ0) is 12.3. The van der Waals surface area contributed by atoms with Crippen LogP contribution in [-0.4, -0.2) is 22.0 Å². The van der Waals surface area contributed by atoms with Gasteiger partial charge in [0, 0.05) is 18.0 Å². The Morgan fingerprint density at radius 1 is 1.24 bits per heavy atom. The Morgan fingerprint density at radius 3 is 2.59 bits per heavy atom. The summed E-state index contributed by atoms with van der Waals surface area (Å²) in [5.41, 5.74) is 0.530. The molecule has 0 aliphatic rings. The van der Waals surface area contributed by atoms with Gasteiger partial charge in [-0.2, -0.15) is 0 Å². The van der Waals surface area contributed by atoms with Crippen molar-refractivity contribution < 1.29 is 14.7 Å². The number of carboxylic acid groups (broad SMARTS) is 1. The minimum absolute atomic E-state index is 0.0948. The Bertz CT molecular complexity index is 551. The summed E-state index contributed by atoms with van der Waals surface area (Å²) in [7, 11) is 0. The van der Waals surface area contributed by atoms with Gasteiger partial charge in [-0.3, -0.25) is 9.78 Å². The van der Waals surface area contributed by atoms with Gasteiger partial charge >= 0.3 is 5.97 Å². The molecule has 0 aliphatic heterocycles. The molecule has 6 heteroatoms. The van der Waals surface area contributed by atoms with Crippen molar-refractivity contribution in [1.29, 1.82) is 0 Å². The normalized spacial score (nSPS) is 9.88. The van der Waals surface area contributed by atoms with Crippen molar-refractivity contribution in [1.82, 2.24) is 4.98 Å². The van der Waals surface area contributed by atoms with Gasteiger partial charge < -0.3 is 10.4 Å². The summed E-state index contributed by atoms with van der Waals surface area (Å²) in [5.74, 6) is -1.41. The van der Waals surface area contributed by atoms with Gasteiger partial charge in [-0.1, -0.05) is 0 Å². The number of thiophene rings is 1. The number of amides is 1. The van der Waals surface area contributed by atoms with Crippen molar-refractivity contribution in [3.05, 3.63) is 47.1 Å². The summed E-state index contributed by atoms with van der Waals surface area (Å²) in [4.78, 5) is 26.4. The summed E-state index contributed by atoms with van der Waals surface area (Å²) in [6.45, 7) is 0. The molecule has 17 heavy (non-hydrogen) atoms. The van der Waals surface area contributed by atoms with E-state index in [9.17, 15) is 9.59 Å². The molecule has 2 rings (SSSR count). The van der Waals surface area contributed by atoms with Gasteiger partial charge in [-0.15, -0.1) is 11.3 Å². The quantitative estimate of drug-likeness (QED) is 0.871. The van der Waals surface area contributed by atoms with Crippen LogP contribution < -0.4 is 5.32 Å². The lowest BCUT2D eigenvalue weighted by Gasteiger charge is -2.03. The number of carbonyl (C=O) groups is 2. The topological polar surface area (TPSA) is 79.3 Å². The molecule has 0 aromatic carbocycles. The molecule has 2 aromatic rings. The lowest BCUT2D eigenvalue weighted by molar-refractivity contribution is 0.0698. The van der Waals surface area contributed by atoms with Gasteiger partial charge in [0.05, 0.1) is 5.56 Å². The number of aromatic carboxylic acids is 1. The summed E-state index contributed by atoms with van der Waals surface area (Å²) >= 11 is 1.17. The maximum Gasteiger partial charge on any atom is 0.338 e. The lowest BCUT2D eigenvalue weighted by atomic mass is 10.2. The highest BCUT2D eigenvalue weighted by molar-refractivity contribution is 7.14. The van der Waals surface area contributed by atoms with Crippen LogP contribution in [0.5, 0.6) is 0 Å². The Kier molecular flexibility index (Phi) is 3.15. The molecule has 0 saturated carbocycles. The first-order valence-corrected chi connectivity index (χ1v) is 5.58. The van der Waals surface area contributed by atoms with Gasteiger partial charge in [-0.05, 0) is 23.6 Å². The average molecular weight is 248 g/mol. The van der Waals surface area contributed by atoms with Crippen LogP contribution in [0.15, 0.2) is 36.0 Å². The van der Waals surface area contributed by atoms with Crippen molar-refractivity contribution in [2.45, 2.75) is 0 Å². The molecule has 2 aromatic heterocycles. The molecule has 2 heterocycles. The number of carbonyl (C=O) groups excluding carboxylic acids is 1. The number of anilines is 1. The smallest absolute Gasteiger partial charge is 0.338 e. The molecule has 0 aliphatic carbocycles.